The third-order valence-corrected chi connectivity index (χ3v) is 5.44. The van der Waals surface area contributed by atoms with E-state index in [1.54, 1.807) is 11.6 Å². The summed E-state index contributed by atoms with van der Waals surface area (Å²) < 4.78 is 40.9. The maximum atomic E-state index is 13.4. The summed E-state index contributed by atoms with van der Waals surface area (Å²) in [6.07, 6.45) is 2.16. The number of nitrogens with one attached hydrogen (secondary N) is 1. The molecule has 0 amide bonds. The quantitative estimate of drug-likeness (QED) is 0.850. The van der Waals surface area contributed by atoms with E-state index in [4.69, 9.17) is 5.73 Å². The Labute approximate surface area is 127 Å². The number of aromatic nitrogens is 1. The molecule has 0 aliphatic carbocycles. The van der Waals surface area contributed by atoms with E-state index in [2.05, 4.69) is 9.71 Å². The summed E-state index contributed by atoms with van der Waals surface area (Å²) in [6, 6.07) is 3.12. The van der Waals surface area contributed by atoms with E-state index in [0.717, 1.165) is 6.07 Å². The second-order valence-electron chi connectivity index (χ2n) is 4.41. The number of hydrogen-bond acceptors (Lipinski definition) is 5. The van der Waals surface area contributed by atoms with Crippen LogP contribution in [-0.2, 0) is 16.6 Å². The highest BCUT2D eigenvalue weighted by Gasteiger charge is 2.24. The SMILES string of the molecule is CCC(NS(=O)(=O)c1cc(F)ccc1CN)c1nccs1. The number of thiazole rings is 1. The van der Waals surface area contributed by atoms with Crippen LogP contribution in [0.1, 0.15) is 30.0 Å². The lowest BCUT2D eigenvalue weighted by Crippen LogP contribution is -2.29. The molecule has 1 atom stereocenters. The molecule has 2 rings (SSSR count). The van der Waals surface area contributed by atoms with Crippen molar-refractivity contribution in [3.63, 3.8) is 0 Å². The fourth-order valence-corrected chi connectivity index (χ4v) is 4.30. The van der Waals surface area contributed by atoms with Gasteiger partial charge in [-0.25, -0.2) is 22.5 Å². The van der Waals surface area contributed by atoms with Gasteiger partial charge in [0.2, 0.25) is 10.0 Å². The largest absolute Gasteiger partial charge is 0.326 e. The lowest BCUT2D eigenvalue weighted by Gasteiger charge is -2.16. The second kappa shape index (κ2) is 6.61. The lowest BCUT2D eigenvalue weighted by molar-refractivity contribution is 0.545. The van der Waals surface area contributed by atoms with Crippen LogP contribution >= 0.6 is 11.3 Å². The van der Waals surface area contributed by atoms with Crippen LogP contribution in [0.15, 0.2) is 34.7 Å². The number of benzene rings is 1. The molecular formula is C13H16FN3O2S2. The predicted molar refractivity (Wildman–Crippen MR) is 79.8 cm³/mol. The minimum Gasteiger partial charge on any atom is -0.326 e. The first-order valence-corrected chi connectivity index (χ1v) is 8.74. The molecular weight excluding hydrogens is 313 g/mol. The van der Waals surface area contributed by atoms with Gasteiger partial charge in [0, 0.05) is 18.1 Å². The minimum atomic E-state index is -3.87. The summed E-state index contributed by atoms with van der Waals surface area (Å²) in [5.74, 6) is -0.616. The molecule has 0 aliphatic heterocycles. The predicted octanol–water partition coefficient (Wildman–Crippen LogP) is 2.17. The van der Waals surface area contributed by atoms with Crippen molar-refractivity contribution in [2.45, 2.75) is 30.8 Å². The van der Waals surface area contributed by atoms with E-state index in [1.165, 1.54) is 23.5 Å². The van der Waals surface area contributed by atoms with E-state index in [0.29, 0.717) is 17.0 Å². The van der Waals surface area contributed by atoms with Crippen molar-refractivity contribution in [2.24, 2.45) is 5.73 Å². The number of hydrogen-bond donors (Lipinski definition) is 2. The van der Waals surface area contributed by atoms with Gasteiger partial charge in [-0.15, -0.1) is 11.3 Å². The highest BCUT2D eigenvalue weighted by Crippen LogP contribution is 2.23. The van der Waals surface area contributed by atoms with Crippen LogP contribution in [0.3, 0.4) is 0 Å². The molecule has 0 radical (unpaired) electrons. The van der Waals surface area contributed by atoms with Crippen molar-refractivity contribution in [3.05, 3.63) is 46.2 Å². The summed E-state index contributed by atoms with van der Waals surface area (Å²) >= 11 is 1.37. The van der Waals surface area contributed by atoms with Gasteiger partial charge >= 0.3 is 0 Å². The summed E-state index contributed by atoms with van der Waals surface area (Å²) in [5.41, 5.74) is 5.90. The third-order valence-electron chi connectivity index (χ3n) is 2.99. The van der Waals surface area contributed by atoms with Crippen LogP contribution in [0, 0.1) is 5.82 Å². The molecule has 8 heteroatoms. The van der Waals surface area contributed by atoms with Crippen molar-refractivity contribution in [3.8, 4) is 0 Å². The zero-order chi connectivity index (χ0) is 15.5. The molecule has 1 heterocycles. The average Bonchev–Trinajstić information content (AvgIpc) is 2.99. The highest BCUT2D eigenvalue weighted by molar-refractivity contribution is 7.89. The van der Waals surface area contributed by atoms with Crippen LogP contribution in [0.4, 0.5) is 4.39 Å². The van der Waals surface area contributed by atoms with Crippen LogP contribution in [0.25, 0.3) is 0 Å². The average molecular weight is 329 g/mol. The van der Waals surface area contributed by atoms with E-state index in [1.807, 2.05) is 6.92 Å². The normalized spacial score (nSPS) is 13.3. The number of nitrogens with two attached hydrogens (primary N) is 1. The molecule has 1 aromatic heterocycles. The summed E-state index contributed by atoms with van der Waals surface area (Å²) in [6.45, 7) is 1.87. The monoisotopic (exact) mass is 329 g/mol. The van der Waals surface area contributed by atoms with Crippen molar-refractivity contribution >= 4 is 21.4 Å². The van der Waals surface area contributed by atoms with Crippen molar-refractivity contribution < 1.29 is 12.8 Å². The molecule has 3 N–H and O–H groups in total. The number of halogens is 1. The molecule has 21 heavy (non-hydrogen) atoms. The third kappa shape index (κ3) is 3.65. The molecule has 5 nitrogen and oxygen atoms in total. The molecule has 0 spiro atoms. The molecule has 114 valence electrons. The fourth-order valence-electron chi connectivity index (χ4n) is 1.91. The van der Waals surface area contributed by atoms with Crippen molar-refractivity contribution in [1.29, 1.82) is 0 Å². The van der Waals surface area contributed by atoms with E-state index in [-0.39, 0.29) is 11.4 Å². The first kappa shape index (κ1) is 16.0. The Morgan fingerprint density at radius 3 is 2.81 bits per heavy atom. The molecule has 0 bridgehead atoms. The van der Waals surface area contributed by atoms with Crippen molar-refractivity contribution in [2.75, 3.05) is 0 Å². The van der Waals surface area contributed by atoms with E-state index in [9.17, 15) is 12.8 Å². The maximum absolute atomic E-state index is 13.4. The van der Waals surface area contributed by atoms with Gasteiger partial charge in [-0.3, -0.25) is 0 Å². The van der Waals surface area contributed by atoms with Gasteiger partial charge in [0.25, 0.3) is 0 Å². The Kier molecular flexibility index (Phi) is 5.04. The number of nitrogens with zero attached hydrogens (tertiary/aromatic N) is 1. The molecule has 0 saturated carbocycles. The van der Waals surface area contributed by atoms with Gasteiger partial charge in [0.1, 0.15) is 10.8 Å². The molecule has 2 aromatic rings. The fraction of sp³-hybridized carbons (Fsp3) is 0.308. The number of rotatable bonds is 6. The molecule has 1 unspecified atom stereocenters. The van der Waals surface area contributed by atoms with Crippen molar-refractivity contribution in [1.82, 2.24) is 9.71 Å². The van der Waals surface area contributed by atoms with Gasteiger partial charge in [-0.2, -0.15) is 0 Å². The zero-order valence-corrected chi connectivity index (χ0v) is 13.0. The Morgan fingerprint density at radius 1 is 1.48 bits per heavy atom. The highest BCUT2D eigenvalue weighted by atomic mass is 32.2. The zero-order valence-electron chi connectivity index (χ0n) is 11.4. The summed E-state index contributed by atoms with van der Waals surface area (Å²) in [4.78, 5) is 3.99. The topological polar surface area (TPSA) is 85.1 Å². The second-order valence-corrected chi connectivity index (χ2v) is 7.02. The van der Waals surface area contributed by atoms with Gasteiger partial charge in [0.15, 0.2) is 0 Å². The first-order chi connectivity index (χ1) is 9.97. The Bertz CT molecular complexity index is 702. The van der Waals surface area contributed by atoms with E-state index >= 15 is 0 Å². The molecule has 0 aliphatic rings. The van der Waals surface area contributed by atoms with Gasteiger partial charge in [-0.1, -0.05) is 13.0 Å². The smallest absolute Gasteiger partial charge is 0.241 e. The van der Waals surface area contributed by atoms with Crippen LogP contribution in [0.2, 0.25) is 0 Å². The number of sulfonamides is 1. The standard InChI is InChI=1S/C13H16FN3O2S2/c1-2-11(13-16-5-6-20-13)17-21(18,19)12-7-10(14)4-3-9(12)8-15/h3-7,11,17H,2,8,15H2,1H3. The first-order valence-electron chi connectivity index (χ1n) is 6.38. The van der Waals surface area contributed by atoms with E-state index < -0.39 is 21.9 Å². The van der Waals surface area contributed by atoms with Gasteiger partial charge < -0.3 is 5.73 Å². The maximum Gasteiger partial charge on any atom is 0.241 e. The summed E-state index contributed by atoms with van der Waals surface area (Å²) in [7, 11) is -3.87. The molecule has 1 aromatic carbocycles. The van der Waals surface area contributed by atoms with Gasteiger partial charge in [-0.05, 0) is 24.1 Å². The molecule has 0 saturated heterocycles. The van der Waals surface area contributed by atoms with Crippen LogP contribution in [-0.4, -0.2) is 13.4 Å². The van der Waals surface area contributed by atoms with Crippen LogP contribution in [0.5, 0.6) is 0 Å². The lowest BCUT2D eigenvalue weighted by atomic mass is 10.2. The summed E-state index contributed by atoms with van der Waals surface area (Å²) in [5, 5.41) is 2.45. The Hall–Kier alpha value is -1.35. The minimum absolute atomic E-state index is 0.0184. The van der Waals surface area contributed by atoms with Crippen LogP contribution < -0.4 is 10.5 Å². The Balaban J connectivity index is 2.36. The Morgan fingerprint density at radius 2 is 2.24 bits per heavy atom. The molecule has 0 fully saturated rings. The van der Waals surface area contributed by atoms with Gasteiger partial charge in [0.05, 0.1) is 10.9 Å².